The molecule has 0 saturated heterocycles. The molecule has 0 aliphatic rings. The number of pyridine rings is 1. The van der Waals surface area contributed by atoms with Gasteiger partial charge in [0.05, 0.1) is 11.9 Å². The Hall–Kier alpha value is -1.88. The van der Waals surface area contributed by atoms with E-state index in [4.69, 9.17) is 0 Å². The molecule has 1 aromatic carbocycles. The maximum Gasteiger partial charge on any atom is 0.141 e. The fourth-order valence-electron chi connectivity index (χ4n) is 2.25. The second kappa shape index (κ2) is 6.72. The van der Waals surface area contributed by atoms with Crippen LogP contribution in [-0.4, -0.2) is 11.0 Å². The van der Waals surface area contributed by atoms with E-state index in [-0.39, 0.29) is 24.1 Å². The molecule has 2 nitrogen and oxygen atoms in total. The van der Waals surface area contributed by atoms with Crippen LogP contribution in [0.2, 0.25) is 0 Å². The Morgan fingerprint density at radius 1 is 1.05 bits per heavy atom. The molecule has 1 N–H and O–H groups in total. The smallest absolute Gasteiger partial charge is 0.141 e. The van der Waals surface area contributed by atoms with Gasteiger partial charge < -0.3 is 5.32 Å². The predicted molar refractivity (Wildman–Crippen MR) is 75.3 cm³/mol. The number of halogens is 3. The topological polar surface area (TPSA) is 24.9 Å². The summed E-state index contributed by atoms with van der Waals surface area (Å²) in [5.41, 5.74) is 0.744. The molecule has 0 amide bonds. The van der Waals surface area contributed by atoms with Crippen molar-refractivity contribution in [3.63, 3.8) is 0 Å². The van der Waals surface area contributed by atoms with Gasteiger partial charge in [-0.2, -0.15) is 0 Å². The second-order valence-corrected chi connectivity index (χ2v) is 5.10. The molecular weight excluding hydrogens is 277 g/mol. The van der Waals surface area contributed by atoms with Crippen LogP contribution in [0, 0.1) is 17.5 Å². The molecule has 2 rings (SSSR count). The third kappa shape index (κ3) is 4.04. The zero-order chi connectivity index (χ0) is 15.4. The fraction of sp³-hybridized carbons (Fsp3) is 0.312. The first-order valence-electron chi connectivity index (χ1n) is 6.77. The van der Waals surface area contributed by atoms with Crippen molar-refractivity contribution in [2.45, 2.75) is 32.4 Å². The molecule has 1 heterocycles. The molecule has 112 valence electrons. The number of hydrogen-bond donors (Lipinski definition) is 1. The van der Waals surface area contributed by atoms with Gasteiger partial charge >= 0.3 is 0 Å². The van der Waals surface area contributed by atoms with Gasteiger partial charge in [0.2, 0.25) is 0 Å². The van der Waals surface area contributed by atoms with Gasteiger partial charge in [-0.15, -0.1) is 0 Å². The summed E-state index contributed by atoms with van der Waals surface area (Å²) in [6.45, 7) is 3.71. The van der Waals surface area contributed by atoms with Crippen LogP contribution in [0.25, 0.3) is 0 Å². The van der Waals surface area contributed by atoms with Gasteiger partial charge in [0, 0.05) is 17.6 Å². The lowest BCUT2D eigenvalue weighted by Crippen LogP contribution is -2.31. The number of benzene rings is 1. The van der Waals surface area contributed by atoms with E-state index in [0.717, 1.165) is 6.20 Å². The van der Waals surface area contributed by atoms with E-state index in [0.29, 0.717) is 5.69 Å². The minimum atomic E-state index is -0.545. The molecule has 2 unspecified atom stereocenters. The van der Waals surface area contributed by atoms with Crippen LogP contribution in [0.15, 0.2) is 36.5 Å². The van der Waals surface area contributed by atoms with E-state index in [1.807, 2.05) is 13.8 Å². The van der Waals surface area contributed by atoms with Crippen molar-refractivity contribution in [1.82, 2.24) is 10.3 Å². The fourth-order valence-corrected chi connectivity index (χ4v) is 2.25. The third-order valence-electron chi connectivity index (χ3n) is 3.30. The van der Waals surface area contributed by atoms with Crippen molar-refractivity contribution in [3.05, 3.63) is 65.2 Å². The van der Waals surface area contributed by atoms with E-state index in [9.17, 15) is 13.2 Å². The summed E-state index contributed by atoms with van der Waals surface area (Å²) in [6, 6.07) is 6.46. The van der Waals surface area contributed by atoms with Crippen LogP contribution >= 0.6 is 0 Å². The first-order valence-corrected chi connectivity index (χ1v) is 6.77. The van der Waals surface area contributed by atoms with E-state index in [2.05, 4.69) is 10.3 Å². The Morgan fingerprint density at radius 3 is 2.29 bits per heavy atom. The quantitative estimate of drug-likeness (QED) is 0.907. The summed E-state index contributed by atoms with van der Waals surface area (Å²) in [7, 11) is 0. The Bertz CT molecular complexity index is 579. The summed E-state index contributed by atoms with van der Waals surface area (Å²) in [5, 5.41) is 3.20. The number of hydrogen-bond acceptors (Lipinski definition) is 2. The standard InChI is InChI=1S/C16H17F3N2/c1-10(8-13-14(18)4-3-5-15(13)19)21-11(2)16-7-6-12(17)9-20-16/h3-7,9-11,21H,8H2,1-2H3. The molecule has 21 heavy (non-hydrogen) atoms. The van der Waals surface area contributed by atoms with Gasteiger partial charge in [0.1, 0.15) is 17.5 Å². The molecule has 2 atom stereocenters. The highest BCUT2D eigenvalue weighted by Gasteiger charge is 2.15. The van der Waals surface area contributed by atoms with Crippen molar-refractivity contribution < 1.29 is 13.2 Å². The lowest BCUT2D eigenvalue weighted by Gasteiger charge is -2.20. The molecule has 0 fully saturated rings. The minimum Gasteiger partial charge on any atom is -0.306 e. The lowest BCUT2D eigenvalue weighted by molar-refractivity contribution is 0.451. The summed E-state index contributed by atoms with van der Waals surface area (Å²) in [4.78, 5) is 3.99. The van der Waals surface area contributed by atoms with Crippen LogP contribution in [0.1, 0.15) is 31.1 Å². The summed E-state index contributed by atoms with van der Waals surface area (Å²) >= 11 is 0. The normalized spacial score (nSPS) is 14.0. The summed E-state index contributed by atoms with van der Waals surface area (Å²) in [5.74, 6) is -1.49. The second-order valence-electron chi connectivity index (χ2n) is 5.10. The van der Waals surface area contributed by atoms with Gasteiger partial charge in [-0.3, -0.25) is 4.98 Å². The van der Waals surface area contributed by atoms with E-state index >= 15 is 0 Å². The Labute approximate surface area is 122 Å². The maximum atomic E-state index is 13.6. The predicted octanol–water partition coefficient (Wildman–Crippen LogP) is 3.78. The molecule has 1 aromatic heterocycles. The van der Waals surface area contributed by atoms with Gasteiger partial charge in [0.25, 0.3) is 0 Å². The average molecular weight is 294 g/mol. The number of aromatic nitrogens is 1. The molecule has 0 spiro atoms. The molecule has 0 radical (unpaired) electrons. The largest absolute Gasteiger partial charge is 0.306 e. The van der Waals surface area contributed by atoms with Crippen molar-refractivity contribution in [3.8, 4) is 0 Å². The Balaban J connectivity index is 2.01. The van der Waals surface area contributed by atoms with Gasteiger partial charge in [-0.25, -0.2) is 13.2 Å². The molecular formula is C16H17F3N2. The van der Waals surface area contributed by atoms with E-state index in [1.165, 1.54) is 24.3 Å². The maximum absolute atomic E-state index is 13.6. The molecule has 0 saturated carbocycles. The van der Waals surface area contributed by atoms with Gasteiger partial charge in [0.15, 0.2) is 0 Å². The van der Waals surface area contributed by atoms with Crippen LogP contribution in [0.3, 0.4) is 0 Å². The van der Waals surface area contributed by atoms with Crippen molar-refractivity contribution in [2.24, 2.45) is 0 Å². The molecule has 0 aliphatic heterocycles. The van der Waals surface area contributed by atoms with Gasteiger partial charge in [-0.05, 0) is 44.5 Å². The first kappa shape index (κ1) is 15.5. The molecule has 0 bridgehead atoms. The van der Waals surface area contributed by atoms with Crippen LogP contribution in [0.5, 0.6) is 0 Å². The monoisotopic (exact) mass is 294 g/mol. The highest BCUT2D eigenvalue weighted by Crippen LogP contribution is 2.16. The van der Waals surface area contributed by atoms with Crippen LogP contribution < -0.4 is 5.32 Å². The van der Waals surface area contributed by atoms with Crippen molar-refractivity contribution in [2.75, 3.05) is 0 Å². The van der Waals surface area contributed by atoms with Crippen LogP contribution in [0.4, 0.5) is 13.2 Å². The average Bonchev–Trinajstić information content (AvgIpc) is 2.43. The highest BCUT2D eigenvalue weighted by molar-refractivity contribution is 5.20. The summed E-state index contributed by atoms with van der Waals surface area (Å²) < 4.78 is 40.0. The number of nitrogens with one attached hydrogen (secondary N) is 1. The van der Waals surface area contributed by atoms with Crippen molar-refractivity contribution >= 4 is 0 Å². The van der Waals surface area contributed by atoms with Gasteiger partial charge in [-0.1, -0.05) is 6.07 Å². The highest BCUT2D eigenvalue weighted by atomic mass is 19.1. The number of rotatable bonds is 5. The lowest BCUT2D eigenvalue weighted by atomic mass is 10.0. The zero-order valence-corrected chi connectivity index (χ0v) is 11.9. The number of nitrogens with zero attached hydrogens (tertiary/aromatic N) is 1. The summed E-state index contributed by atoms with van der Waals surface area (Å²) in [6.07, 6.45) is 1.37. The molecule has 5 heteroatoms. The van der Waals surface area contributed by atoms with Crippen molar-refractivity contribution in [1.29, 1.82) is 0 Å². The first-order chi connectivity index (χ1) is 9.97. The van der Waals surface area contributed by atoms with E-state index in [1.54, 1.807) is 6.07 Å². The third-order valence-corrected chi connectivity index (χ3v) is 3.30. The zero-order valence-electron chi connectivity index (χ0n) is 11.9. The Morgan fingerprint density at radius 2 is 1.71 bits per heavy atom. The van der Waals surface area contributed by atoms with Crippen LogP contribution in [-0.2, 0) is 6.42 Å². The molecule has 0 aliphatic carbocycles. The van der Waals surface area contributed by atoms with E-state index < -0.39 is 17.5 Å². The molecule has 2 aromatic rings. The minimum absolute atomic E-state index is 0.0664. The Kier molecular flexibility index (Phi) is 4.96. The SMILES string of the molecule is CC(Cc1c(F)cccc1F)NC(C)c1ccc(F)cn1.